The van der Waals surface area contributed by atoms with Gasteiger partial charge in [0.05, 0.1) is 26.6 Å². The number of rotatable bonds is 5. The molecule has 8 heteroatoms. The van der Waals surface area contributed by atoms with Crippen LogP contribution in [0.3, 0.4) is 0 Å². The maximum absolute atomic E-state index is 12.0. The van der Waals surface area contributed by atoms with Crippen molar-refractivity contribution in [1.29, 1.82) is 0 Å². The van der Waals surface area contributed by atoms with Crippen LogP contribution >= 0.6 is 0 Å². The van der Waals surface area contributed by atoms with Gasteiger partial charge >= 0.3 is 12.1 Å². The molecule has 0 aliphatic carbocycles. The summed E-state index contributed by atoms with van der Waals surface area (Å²) in [4.78, 5) is 24.7. The number of likely N-dealkylation sites (tertiary alicyclic amines) is 1. The van der Waals surface area contributed by atoms with Gasteiger partial charge in [-0.15, -0.1) is 0 Å². The second-order valence-electron chi connectivity index (χ2n) is 4.74. The number of nitrogens with zero attached hydrogens (tertiary/aromatic N) is 1. The molecule has 1 fully saturated rings. The van der Waals surface area contributed by atoms with Crippen molar-refractivity contribution in [2.24, 2.45) is 0 Å². The van der Waals surface area contributed by atoms with Crippen molar-refractivity contribution in [3.8, 4) is 0 Å². The maximum atomic E-state index is 12.0. The number of carbonyl (C=O) groups is 2. The van der Waals surface area contributed by atoms with Crippen molar-refractivity contribution in [1.82, 2.24) is 10.2 Å². The molecule has 1 saturated heterocycles. The predicted octanol–water partition coefficient (Wildman–Crippen LogP) is 1.08. The van der Waals surface area contributed by atoms with Crippen LogP contribution in [0.15, 0.2) is 0 Å². The zero-order valence-electron chi connectivity index (χ0n) is 11.3. The quantitative estimate of drug-likeness (QED) is 0.771. The number of amides is 1. The van der Waals surface area contributed by atoms with Gasteiger partial charge in [-0.2, -0.15) is 13.2 Å². The number of hydrogen-bond acceptors (Lipinski definition) is 4. The fourth-order valence-corrected chi connectivity index (χ4v) is 2.23. The number of piperidine rings is 1. The van der Waals surface area contributed by atoms with Gasteiger partial charge in [-0.1, -0.05) is 0 Å². The Morgan fingerprint density at radius 1 is 1.35 bits per heavy atom. The molecule has 0 aromatic heterocycles. The molecule has 0 spiro atoms. The summed E-state index contributed by atoms with van der Waals surface area (Å²) >= 11 is 0. The summed E-state index contributed by atoms with van der Waals surface area (Å²) in [5.74, 6) is -0.833. The lowest BCUT2D eigenvalue weighted by atomic mass is 9.99. The molecular formula is C12H19F3N2O3. The summed E-state index contributed by atoms with van der Waals surface area (Å²) in [5.41, 5.74) is 0. The maximum Gasteiger partial charge on any atom is 0.401 e. The first-order valence-corrected chi connectivity index (χ1v) is 6.47. The molecule has 1 N–H and O–H groups in total. The van der Waals surface area contributed by atoms with E-state index in [1.165, 1.54) is 12.0 Å². The number of alkyl halides is 3. The fraction of sp³-hybridized carbons (Fsp3) is 0.833. The van der Waals surface area contributed by atoms with Gasteiger partial charge in [0.2, 0.25) is 5.91 Å². The van der Waals surface area contributed by atoms with E-state index >= 15 is 0 Å². The molecule has 1 rings (SSSR count). The molecule has 1 heterocycles. The van der Waals surface area contributed by atoms with Gasteiger partial charge in [0, 0.05) is 12.6 Å². The van der Waals surface area contributed by atoms with E-state index in [1.54, 1.807) is 0 Å². The van der Waals surface area contributed by atoms with E-state index in [1.807, 2.05) is 0 Å². The first-order valence-electron chi connectivity index (χ1n) is 6.47. The zero-order valence-corrected chi connectivity index (χ0v) is 11.3. The highest BCUT2D eigenvalue weighted by molar-refractivity contribution is 5.79. The number of esters is 1. The molecule has 116 valence electrons. The second-order valence-corrected chi connectivity index (χ2v) is 4.74. The van der Waals surface area contributed by atoms with Crippen LogP contribution in [0.5, 0.6) is 0 Å². The lowest BCUT2D eigenvalue weighted by Gasteiger charge is -2.35. The second kappa shape index (κ2) is 7.47. The van der Waals surface area contributed by atoms with E-state index in [0.717, 1.165) is 12.8 Å². The van der Waals surface area contributed by atoms with Gasteiger partial charge in [-0.25, -0.2) is 0 Å². The highest BCUT2D eigenvalue weighted by Gasteiger charge is 2.30. The number of methoxy groups -OCH3 is 1. The third-order valence-electron chi connectivity index (χ3n) is 3.18. The standard InChI is InChI=1S/C12H19F3N2O3/c1-20-11(19)6-9-4-2-3-5-17(9)10(18)7-16-8-12(13,14)15/h9,16H,2-8H2,1H3. The van der Waals surface area contributed by atoms with Crippen LogP contribution < -0.4 is 5.32 Å². The average molecular weight is 296 g/mol. The minimum absolute atomic E-state index is 0.0848. The average Bonchev–Trinajstić information content (AvgIpc) is 2.37. The number of ether oxygens (including phenoxy) is 1. The van der Waals surface area contributed by atoms with Gasteiger partial charge in [0.1, 0.15) is 0 Å². The summed E-state index contributed by atoms with van der Waals surface area (Å²) in [5, 5.41) is 2.08. The van der Waals surface area contributed by atoms with Gasteiger partial charge in [0.15, 0.2) is 0 Å². The molecule has 0 saturated carbocycles. The van der Waals surface area contributed by atoms with E-state index in [0.29, 0.717) is 13.0 Å². The van der Waals surface area contributed by atoms with Crippen molar-refractivity contribution in [2.45, 2.75) is 37.9 Å². The summed E-state index contributed by atoms with van der Waals surface area (Å²) in [6.45, 7) is -1.11. The zero-order chi connectivity index (χ0) is 15.2. The van der Waals surface area contributed by atoms with Crippen molar-refractivity contribution < 1.29 is 27.5 Å². The van der Waals surface area contributed by atoms with Crippen LogP contribution in [0.4, 0.5) is 13.2 Å². The third kappa shape index (κ3) is 5.77. The summed E-state index contributed by atoms with van der Waals surface area (Å²) in [6.07, 6.45) is -1.90. The number of halogens is 3. The monoisotopic (exact) mass is 296 g/mol. The van der Waals surface area contributed by atoms with Crippen molar-refractivity contribution in [3.05, 3.63) is 0 Å². The minimum Gasteiger partial charge on any atom is -0.469 e. The van der Waals surface area contributed by atoms with E-state index < -0.39 is 24.6 Å². The summed E-state index contributed by atoms with van der Waals surface area (Å²) in [6, 6.07) is -0.281. The van der Waals surface area contributed by atoms with Crippen LogP contribution in [0, 0.1) is 0 Å². The molecule has 0 radical (unpaired) electrons. The Balaban J connectivity index is 2.47. The Morgan fingerprint density at radius 3 is 2.65 bits per heavy atom. The lowest BCUT2D eigenvalue weighted by Crippen LogP contribution is -2.48. The normalized spacial score (nSPS) is 19.8. The Bertz CT molecular complexity index is 347. The van der Waals surface area contributed by atoms with Crippen LogP contribution in [0.25, 0.3) is 0 Å². The van der Waals surface area contributed by atoms with Crippen LogP contribution in [-0.2, 0) is 14.3 Å². The SMILES string of the molecule is COC(=O)CC1CCCCN1C(=O)CNCC(F)(F)F. The first kappa shape index (κ1) is 16.7. The Hall–Kier alpha value is -1.31. The third-order valence-corrected chi connectivity index (χ3v) is 3.18. The van der Waals surface area contributed by atoms with Gasteiger partial charge in [-0.3, -0.25) is 9.59 Å². The Morgan fingerprint density at radius 2 is 2.05 bits per heavy atom. The van der Waals surface area contributed by atoms with Crippen molar-refractivity contribution in [3.63, 3.8) is 0 Å². The molecule has 0 bridgehead atoms. The van der Waals surface area contributed by atoms with Crippen LogP contribution in [0.2, 0.25) is 0 Å². The molecule has 0 aromatic rings. The van der Waals surface area contributed by atoms with E-state index in [9.17, 15) is 22.8 Å². The number of nitrogens with one attached hydrogen (secondary N) is 1. The molecule has 5 nitrogen and oxygen atoms in total. The highest BCUT2D eigenvalue weighted by atomic mass is 19.4. The molecule has 0 aromatic carbocycles. The molecule has 1 aliphatic rings. The van der Waals surface area contributed by atoms with E-state index in [2.05, 4.69) is 10.1 Å². The van der Waals surface area contributed by atoms with Gasteiger partial charge in [-0.05, 0) is 19.3 Å². The van der Waals surface area contributed by atoms with E-state index in [4.69, 9.17) is 0 Å². The molecule has 1 atom stereocenters. The smallest absolute Gasteiger partial charge is 0.401 e. The Kier molecular flexibility index (Phi) is 6.25. The van der Waals surface area contributed by atoms with Crippen LogP contribution in [-0.4, -0.2) is 55.7 Å². The predicted molar refractivity (Wildman–Crippen MR) is 64.9 cm³/mol. The highest BCUT2D eigenvalue weighted by Crippen LogP contribution is 2.20. The lowest BCUT2D eigenvalue weighted by molar-refractivity contribution is -0.144. The summed E-state index contributed by atoms with van der Waals surface area (Å²) < 4.78 is 40.5. The summed E-state index contributed by atoms with van der Waals surface area (Å²) in [7, 11) is 1.27. The van der Waals surface area contributed by atoms with Crippen LogP contribution in [0.1, 0.15) is 25.7 Å². The number of carbonyl (C=O) groups excluding carboxylic acids is 2. The van der Waals surface area contributed by atoms with E-state index in [-0.39, 0.29) is 19.0 Å². The first-order chi connectivity index (χ1) is 9.33. The largest absolute Gasteiger partial charge is 0.469 e. The number of hydrogen-bond donors (Lipinski definition) is 1. The van der Waals surface area contributed by atoms with Gasteiger partial charge < -0.3 is 15.0 Å². The molecule has 1 amide bonds. The minimum atomic E-state index is -4.34. The molecule has 1 unspecified atom stereocenters. The van der Waals surface area contributed by atoms with Gasteiger partial charge in [0.25, 0.3) is 0 Å². The Labute approximate surface area is 115 Å². The molecule has 1 aliphatic heterocycles. The topological polar surface area (TPSA) is 58.6 Å². The van der Waals surface area contributed by atoms with Crippen molar-refractivity contribution >= 4 is 11.9 Å². The molecular weight excluding hydrogens is 277 g/mol. The fourth-order valence-electron chi connectivity index (χ4n) is 2.23. The van der Waals surface area contributed by atoms with Crippen molar-refractivity contribution in [2.75, 3.05) is 26.7 Å². The molecule has 20 heavy (non-hydrogen) atoms.